The molecule has 16 heavy (non-hydrogen) atoms. The molecule has 0 heterocycles. The Bertz CT molecular complexity index is 234. The minimum Gasteiger partial charge on any atom is -0.459 e. The van der Waals surface area contributed by atoms with Crippen LogP contribution in [0, 0.1) is 0 Å². The maximum absolute atomic E-state index is 11.2. The molecule has 2 N–H and O–H groups in total. The molecule has 0 rings (SSSR count). The van der Waals surface area contributed by atoms with Crippen molar-refractivity contribution in [2.45, 2.75) is 39.7 Å². The summed E-state index contributed by atoms with van der Waals surface area (Å²) in [6.45, 7) is 8.24. The minimum atomic E-state index is -0.483. The molecular weight excluding hydrogens is 208 g/mol. The first-order valence-corrected chi connectivity index (χ1v) is 5.54. The number of nitrogens with one attached hydrogen (secondary N) is 2. The molecule has 94 valence electrons. The highest BCUT2D eigenvalue weighted by atomic mass is 16.6. The van der Waals surface area contributed by atoms with Gasteiger partial charge in [0.05, 0.1) is 13.1 Å². The fourth-order valence-electron chi connectivity index (χ4n) is 0.983. The van der Waals surface area contributed by atoms with Crippen molar-refractivity contribution in [2.24, 2.45) is 0 Å². The van der Waals surface area contributed by atoms with Gasteiger partial charge in [-0.2, -0.15) is 0 Å². The number of esters is 1. The zero-order valence-electron chi connectivity index (χ0n) is 10.6. The van der Waals surface area contributed by atoms with Gasteiger partial charge in [-0.1, -0.05) is 6.92 Å². The van der Waals surface area contributed by atoms with E-state index >= 15 is 0 Å². The van der Waals surface area contributed by atoms with Gasteiger partial charge in [0.1, 0.15) is 5.60 Å². The first-order chi connectivity index (χ1) is 7.35. The van der Waals surface area contributed by atoms with E-state index in [1.54, 1.807) is 20.8 Å². The molecule has 0 fully saturated rings. The third-order valence-electron chi connectivity index (χ3n) is 1.55. The number of rotatable bonds is 6. The first-order valence-electron chi connectivity index (χ1n) is 5.54. The van der Waals surface area contributed by atoms with Gasteiger partial charge in [-0.15, -0.1) is 0 Å². The zero-order chi connectivity index (χ0) is 12.6. The summed E-state index contributed by atoms with van der Waals surface area (Å²) in [7, 11) is 0. The highest BCUT2D eigenvalue weighted by Crippen LogP contribution is 2.05. The molecule has 0 spiro atoms. The van der Waals surface area contributed by atoms with Crippen LogP contribution in [0.5, 0.6) is 0 Å². The van der Waals surface area contributed by atoms with Crippen molar-refractivity contribution < 1.29 is 14.3 Å². The molecule has 0 aromatic heterocycles. The maximum Gasteiger partial charge on any atom is 0.320 e. The van der Waals surface area contributed by atoms with Gasteiger partial charge in [-0.25, -0.2) is 0 Å². The van der Waals surface area contributed by atoms with Crippen LogP contribution >= 0.6 is 0 Å². The lowest BCUT2D eigenvalue weighted by Crippen LogP contribution is -2.38. The van der Waals surface area contributed by atoms with Crippen molar-refractivity contribution in [1.29, 1.82) is 0 Å². The van der Waals surface area contributed by atoms with Gasteiger partial charge in [0.2, 0.25) is 5.91 Å². The lowest BCUT2D eigenvalue weighted by Gasteiger charge is -2.19. The Hall–Kier alpha value is -1.10. The Balaban J connectivity index is 3.58. The van der Waals surface area contributed by atoms with Crippen LogP contribution in [0.3, 0.4) is 0 Å². The molecule has 5 heteroatoms. The Morgan fingerprint density at radius 3 is 2.31 bits per heavy atom. The summed E-state index contributed by atoms with van der Waals surface area (Å²) < 4.78 is 5.07. The molecule has 0 aliphatic carbocycles. The smallest absolute Gasteiger partial charge is 0.320 e. The molecule has 0 saturated carbocycles. The van der Waals surface area contributed by atoms with Crippen LogP contribution in [-0.4, -0.2) is 37.1 Å². The predicted octanol–water partition coefficient (Wildman–Crippen LogP) is 0.444. The summed E-state index contributed by atoms with van der Waals surface area (Å²) in [6, 6.07) is 0. The number of carbonyl (C=O) groups is 2. The Labute approximate surface area is 96.9 Å². The van der Waals surface area contributed by atoms with Crippen molar-refractivity contribution in [2.75, 3.05) is 19.6 Å². The molecule has 0 aliphatic heterocycles. The molecule has 0 unspecified atom stereocenters. The number of hydrogen-bond acceptors (Lipinski definition) is 4. The summed E-state index contributed by atoms with van der Waals surface area (Å²) in [5, 5.41) is 5.43. The van der Waals surface area contributed by atoms with Gasteiger partial charge in [-0.05, 0) is 27.2 Å². The van der Waals surface area contributed by atoms with Crippen molar-refractivity contribution in [3.05, 3.63) is 0 Å². The van der Waals surface area contributed by atoms with Gasteiger partial charge >= 0.3 is 5.97 Å². The van der Waals surface area contributed by atoms with E-state index in [9.17, 15) is 9.59 Å². The van der Waals surface area contributed by atoms with Crippen LogP contribution in [0.4, 0.5) is 0 Å². The van der Waals surface area contributed by atoms with E-state index in [-0.39, 0.29) is 25.0 Å². The Morgan fingerprint density at radius 1 is 1.19 bits per heavy atom. The van der Waals surface area contributed by atoms with Crippen LogP contribution < -0.4 is 10.6 Å². The normalized spacial score (nSPS) is 11.0. The van der Waals surface area contributed by atoms with Crippen LogP contribution in [0.2, 0.25) is 0 Å². The second kappa shape index (κ2) is 7.22. The average Bonchev–Trinajstić information content (AvgIpc) is 2.11. The van der Waals surface area contributed by atoms with E-state index in [1.807, 2.05) is 6.92 Å². The average molecular weight is 230 g/mol. The second-order valence-electron chi connectivity index (χ2n) is 4.54. The summed E-state index contributed by atoms with van der Waals surface area (Å²) in [4.78, 5) is 22.4. The quantitative estimate of drug-likeness (QED) is 0.650. The summed E-state index contributed by atoms with van der Waals surface area (Å²) >= 11 is 0. The molecule has 0 aliphatic rings. The van der Waals surface area contributed by atoms with Crippen molar-refractivity contribution in [3.63, 3.8) is 0 Å². The molecule has 0 bridgehead atoms. The molecule has 1 amide bonds. The molecular formula is C11H22N2O3. The number of amides is 1. The van der Waals surface area contributed by atoms with E-state index in [1.165, 1.54) is 0 Å². The lowest BCUT2D eigenvalue weighted by molar-refractivity contribution is -0.153. The van der Waals surface area contributed by atoms with Gasteiger partial charge in [-0.3, -0.25) is 14.9 Å². The third-order valence-corrected chi connectivity index (χ3v) is 1.55. The van der Waals surface area contributed by atoms with Gasteiger partial charge in [0, 0.05) is 6.54 Å². The van der Waals surface area contributed by atoms with E-state index in [4.69, 9.17) is 4.74 Å². The Morgan fingerprint density at radius 2 is 1.81 bits per heavy atom. The summed E-state index contributed by atoms with van der Waals surface area (Å²) in [6.07, 6.45) is 0.901. The molecule has 0 radical (unpaired) electrons. The fourth-order valence-corrected chi connectivity index (χ4v) is 0.983. The monoisotopic (exact) mass is 230 g/mol. The fraction of sp³-hybridized carbons (Fsp3) is 0.818. The lowest BCUT2D eigenvalue weighted by atomic mass is 10.2. The number of carbonyl (C=O) groups excluding carboxylic acids is 2. The van der Waals surface area contributed by atoms with Crippen molar-refractivity contribution in [3.8, 4) is 0 Å². The van der Waals surface area contributed by atoms with Crippen LogP contribution in [-0.2, 0) is 14.3 Å². The van der Waals surface area contributed by atoms with E-state index in [0.717, 1.165) is 6.42 Å². The SMILES string of the molecule is CCCNC(=O)CNCC(=O)OC(C)(C)C. The molecule has 0 aromatic carbocycles. The predicted molar refractivity (Wildman–Crippen MR) is 62.0 cm³/mol. The molecule has 0 saturated heterocycles. The van der Waals surface area contributed by atoms with E-state index < -0.39 is 5.60 Å². The maximum atomic E-state index is 11.2. The summed E-state index contributed by atoms with van der Waals surface area (Å²) in [5.74, 6) is -0.457. The highest BCUT2D eigenvalue weighted by Gasteiger charge is 2.15. The number of ether oxygens (including phenoxy) is 1. The molecule has 5 nitrogen and oxygen atoms in total. The second-order valence-corrected chi connectivity index (χ2v) is 4.54. The minimum absolute atomic E-state index is 0.0524. The van der Waals surface area contributed by atoms with Crippen molar-refractivity contribution >= 4 is 11.9 Å². The molecule has 0 atom stereocenters. The van der Waals surface area contributed by atoms with Crippen LogP contribution in [0.25, 0.3) is 0 Å². The van der Waals surface area contributed by atoms with Crippen LogP contribution in [0.15, 0.2) is 0 Å². The van der Waals surface area contributed by atoms with Crippen LogP contribution in [0.1, 0.15) is 34.1 Å². The summed E-state index contributed by atoms with van der Waals surface area (Å²) in [5.41, 5.74) is -0.483. The standard InChI is InChI=1S/C11H22N2O3/c1-5-6-13-9(14)7-12-8-10(15)16-11(2,3)4/h12H,5-8H2,1-4H3,(H,13,14). The van der Waals surface area contributed by atoms with E-state index in [2.05, 4.69) is 10.6 Å². The van der Waals surface area contributed by atoms with E-state index in [0.29, 0.717) is 6.54 Å². The van der Waals surface area contributed by atoms with Gasteiger partial charge in [0.25, 0.3) is 0 Å². The number of hydrogen-bond donors (Lipinski definition) is 2. The topological polar surface area (TPSA) is 67.4 Å². The largest absolute Gasteiger partial charge is 0.459 e. The van der Waals surface area contributed by atoms with Gasteiger partial charge in [0.15, 0.2) is 0 Å². The highest BCUT2D eigenvalue weighted by molar-refractivity contribution is 5.79. The molecule has 0 aromatic rings. The van der Waals surface area contributed by atoms with Crippen molar-refractivity contribution in [1.82, 2.24) is 10.6 Å². The first kappa shape index (κ1) is 14.9. The zero-order valence-corrected chi connectivity index (χ0v) is 10.6. The third kappa shape index (κ3) is 9.45. The van der Waals surface area contributed by atoms with Gasteiger partial charge < -0.3 is 10.1 Å². The Kier molecular flexibility index (Phi) is 6.72.